The van der Waals surface area contributed by atoms with Crippen LogP contribution in [0.25, 0.3) is 0 Å². The van der Waals surface area contributed by atoms with Gasteiger partial charge in [-0.2, -0.15) is 0 Å². The number of rotatable bonds is 6. The Bertz CT molecular complexity index is 595. The minimum atomic E-state index is -2.14. The van der Waals surface area contributed by atoms with E-state index in [1.54, 1.807) is 6.92 Å². The van der Waals surface area contributed by atoms with Crippen molar-refractivity contribution in [3.8, 4) is 0 Å². The van der Waals surface area contributed by atoms with Gasteiger partial charge in [-0.15, -0.1) is 0 Å². The lowest BCUT2D eigenvalue weighted by Crippen LogP contribution is -2.63. The zero-order valence-electron chi connectivity index (χ0n) is 17.2. The number of hydrogen-bond donors (Lipinski definition) is 8. The van der Waals surface area contributed by atoms with Gasteiger partial charge in [0.05, 0.1) is 24.9 Å². The Labute approximate surface area is 178 Å². The van der Waals surface area contributed by atoms with E-state index in [4.69, 9.17) is 23.7 Å². The molecular formula is C18H32O13. The molecule has 0 amide bonds. The summed E-state index contributed by atoms with van der Waals surface area (Å²) in [6.45, 7) is 1.78. The second-order valence-corrected chi connectivity index (χ2v) is 8.30. The smallest absolute Gasteiger partial charge is 0.223 e. The predicted octanol–water partition coefficient (Wildman–Crippen LogP) is -4.49. The highest BCUT2D eigenvalue weighted by atomic mass is 16.8. The van der Waals surface area contributed by atoms with E-state index in [2.05, 4.69) is 0 Å². The first-order valence-corrected chi connectivity index (χ1v) is 10.2. The molecule has 3 fully saturated rings. The molecule has 3 saturated heterocycles. The SMILES string of the molecule is C[C@@H]1C[C@H](O)[C@@H](O)[C@@H](OC[C@H]2O[C@H](O[C@]3(CO)O[C@H](C)[C@@H](O)[C@@H]3O)[C@H](O)[C@@H](O)[C@@H]2O)O1. The fraction of sp³-hybridized carbons (Fsp3) is 1.00. The summed E-state index contributed by atoms with van der Waals surface area (Å²) in [7, 11) is 0. The van der Waals surface area contributed by atoms with Crippen LogP contribution in [0.2, 0.25) is 0 Å². The molecule has 182 valence electrons. The first-order chi connectivity index (χ1) is 14.5. The van der Waals surface area contributed by atoms with Crippen LogP contribution in [0.1, 0.15) is 20.3 Å². The maximum atomic E-state index is 10.3. The lowest BCUT2D eigenvalue weighted by molar-refractivity contribution is -0.386. The highest BCUT2D eigenvalue weighted by molar-refractivity contribution is 4.97. The Morgan fingerprint density at radius 3 is 2.10 bits per heavy atom. The van der Waals surface area contributed by atoms with Gasteiger partial charge in [-0.3, -0.25) is 0 Å². The highest BCUT2D eigenvalue weighted by Gasteiger charge is 2.57. The monoisotopic (exact) mass is 456 g/mol. The molecule has 0 unspecified atom stereocenters. The second kappa shape index (κ2) is 9.77. The van der Waals surface area contributed by atoms with Crippen molar-refractivity contribution in [1.29, 1.82) is 0 Å². The number of aliphatic hydroxyl groups is 8. The summed E-state index contributed by atoms with van der Waals surface area (Å²) in [5, 5.41) is 80.5. The van der Waals surface area contributed by atoms with Crippen LogP contribution in [0.4, 0.5) is 0 Å². The summed E-state index contributed by atoms with van der Waals surface area (Å²) in [6.07, 6.45) is -16.0. The van der Waals surface area contributed by atoms with Crippen molar-refractivity contribution in [3.05, 3.63) is 0 Å². The number of ether oxygens (including phenoxy) is 5. The van der Waals surface area contributed by atoms with Crippen LogP contribution in [-0.2, 0) is 23.7 Å². The largest absolute Gasteiger partial charge is 0.391 e. The molecule has 0 saturated carbocycles. The van der Waals surface area contributed by atoms with Crippen molar-refractivity contribution in [1.82, 2.24) is 0 Å². The van der Waals surface area contributed by atoms with E-state index >= 15 is 0 Å². The highest BCUT2D eigenvalue weighted by Crippen LogP contribution is 2.36. The van der Waals surface area contributed by atoms with E-state index in [1.165, 1.54) is 6.92 Å². The topological polar surface area (TPSA) is 208 Å². The molecular weight excluding hydrogens is 424 g/mol. The Morgan fingerprint density at radius 1 is 0.839 bits per heavy atom. The van der Waals surface area contributed by atoms with Gasteiger partial charge in [0.1, 0.15) is 49.3 Å². The Kier molecular flexibility index (Phi) is 7.91. The van der Waals surface area contributed by atoms with Crippen LogP contribution < -0.4 is 0 Å². The van der Waals surface area contributed by atoms with E-state index < -0.39 is 92.6 Å². The van der Waals surface area contributed by atoms with Gasteiger partial charge in [0.15, 0.2) is 12.6 Å². The van der Waals surface area contributed by atoms with Crippen molar-refractivity contribution >= 4 is 0 Å². The van der Waals surface area contributed by atoms with Crippen LogP contribution in [0.5, 0.6) is 0 Å². The van der Waals surface area contributed by atoms with Gasteiger partial charge < -0.3 is 64.5 Å². The predicted molar refractivity (Wildman–Crippen MR) is 97.1 cm³/mol. The molecule has 3 aliphatic heterocycles. The summed E-state index contributed by atoms with van der Waals surface area (Å²) in [6, 6.07) is 0. The third-order valence-corrected chi connectivity index (χ3v) is 5.88. The molecule has 0 bridgehead atoms. The molecule has 3 rings (SSSR count). The van der Waals surface area contributed by atoms with Gasteiger partial charge in [0.2, 0.25) is 5.79 Å². The standard InChI is InChI=1S/C18H32O13/c1-6-3-8(20)11(22)16(28-6)27-4-9-12(23)13(24)14(25)17(29-9)31-18(5-19)15(26)10(21)7(2)30-18/h6-17,19-26H,3-5H2,1-2H3/t6-,7-,8+,9-,10-,11-,12-,13+,14-,15+,16+,17-,18+/m1/s1. The van der Waals surface area contributed by atoms with E-state index in [-0.39, 0.29) is 6.42 Å². The van der Waals surface area contributed by atoms with E-state index in [0.717, 1.165) is 0 Å². The quantitative estimate of drug-likeness (QED) is 0.190. The Hall–Kier alpha value is -0.520. The van der Waals surface area contributed by atoms with Crippen molar-refractivity contribution in [3.63, 3.8) is 0 Å². The molecule has 13 nitrogen and oxygen atoms in total. The first-order valence-electron chi connectivity index (χ1n) is 10.2. The van der Waals surface area contributed by atoms with Gasteiger partial charge in [-0.25, -0.2) is 0 Å². The van der Waals surface area contributed by atoms with Crippen LogP contribution in [0, 0.1) is 0 Å². The summed E-state index contributed by atoms with van der Waals surface area (Å²) in [4.78, 5) is 0. The maximum absolute atomic E-state index is 10.3. The number of hydrogen-bond acceptors (Lipinski definition) is 13. The fourth-order valence-electron chi connectivity index (χ4n) is 3.94. The third-order valence-electron chi connectivity index (χ3n) is 5.88. The van der Waals surface area contributed by atoms with Crippen LogP contribution in [0.15, 0.2) is 0 Å². The maximum Gasteiger partial charge on any atom is 0.223 e. The van der Waals surface area contributed by atoms with Gasteiger partial charge in [0.25, 0.3) is 0 Å². The molecule has 3 heterocycles. The molecule has 31 heavy (non-hydrogen) atoms. The molecule has 0 aromatic carbocycles. The zero-order valence-corrected chi connectivity index (χ0v) is 17.2. The van der Waals surface area contributed by atoms with Gasteiger partial charge in [-0.05, 0) is 13.8 Å². The van der Waals surface area contributed by atoms with Crippen molar-refractivity contribution in [2.45, 2.75) is 99.7 Å². The molecule has 0 radical (unpaired) electrons. The summed E-state index contributed by atoms with van der Waals surface area (Å²) in [5.41, 5.74) is 0. The average molecular weight is 456 g/mol. The van der Waals surface area contributed by atoms with Crippen LogP contribution >= 0.6 is 0 Å². The third kappa shape index (κ3) is 4.89. The molecule has 0 spiro atoms. The second-order valence-electron chi connectivity index (χ2n) is 8.30. The first kappa shape index (κ1) is 25.1. The molecule has 13 heteroatoms. The minimum absolute atomic E-state index is 0.209. The molecule has 8 N–H and O–H groups in total. The molecule has 0 aromatic heterocycles. The van der Waals surface area contributed by atoms with Crippen molar-refractivity contribution in [2.24, 2.45) is 0 Å². The summed E-state index contributed by atoms with van der Waals surface area (Å²) >= 11 is 0. The zero-order chi connectivity index (χ0) is 23.1. The summed E-state index contributed by atoms with van der Waals surface area (Å²) < 4.78 is 27.1. The van der Waals surface area contributed by atoms with E-state index in [1.807, 2.05) is 0 Å². The number of aliphatic hydroxyl groups excluding tert-OH is 8. The van der Waals surface area contributed by atoms with E-state index in [0.29, 0.717) is 0 Å². The molecule has 3 aliphatic rings. The van der Waals surface area contributed by atoms with Crippen LogP contribution in [-0.4, -0.2) is 133 Å². The Morgan fingerprint density at radius 2 is 1.52 bits per heavy atom. The lowest BCUT2D eigenvalue weighted by atomic mass is 9.98. The summed E-state index contributed by atoms with van der Waals surface area (Å²) in [5.74, 6) is -2.14. The molecule has 13 atom stereocenters. The van der Waals surface area contributed by atoms with Gasteiger partial charge in [-0.1, -0.05) is 0 Å². The van der Waals surface area contributed by atoms with Gasteiger partial charge in [0, 0.05) is 6.42 Å². The van der Waals surface area contributed by atoms with Crippen molar-refractivity contribution < 1.29 is 64.5 Å². The minimum Gasteiger partial charge on any atom is -0.391 e. The molecule has 0 aliphatic carbocycles. The van der Waals surface area contributed by atoms with Gasteiger partial charge >= 0.3 is 0 Å². The van der Waals surface area contributed by atoms with Crippen LogP contribution in [0.3, 0.4) is 0 Å². The normalized spacial score (nSPS) is 53.6. The lowest BCUT2D eigenvalue weighted by Gasteiger charge is -2.44. The fourth-order valence-corrected chi connectivity index (χ4v) is 3.94. The van der Waals surface area contributed by atoms with E-state index in [9.17, 15) is 40.9 Å². The Balaban J connectivity index is 1.68. The van der Waals surface area contributed by atoms with Crippen molar-refractivity contribution in [2.75, 3.05) is 13.2 Å². The average Bonchev–Trinajstić information content (AvgIpc) is 2.94. The molecule has 0 aromatic rings.